The first kappa shape index (κ1) is 9.93. The smallest absolute Gasteiger partial charge is 0.0713 e. The van der Waals surface area contributed by atoms with E-state index in [1.54, 1.807) is 0 Å². The number of aryl methyl sites for hydroxylation is 1. The molecule has 2 aromatic rings. The Hall–Kier alpha value is -1.61. The summed E-state index contributed by atoms with van der Waals surface area (Å²) in [6.45, 7) is 0.552. The van der Waals surface area contributed by atoms with Gasteiger partial charge in [0.15, 0.2) is 0 Å². The Kier molecular flexibility index (Phi) is 2.83. The van der Waals surface area contributed by atoms with E-state index in [9.17, 15) is 0 Å². The van der Waals surface area contributed by atoms with E-state index in [0.29, 0.717) is 6.54 Å². The molecule has 78 valence electrons. The number of hydrogen-bond acceptors (Lipinski definition) is 2. The lowest BCUT2D eigenvalue weighted by Crippen LogP contribution is -2.00. The molecule has 2 N–H and O–H groups in total. The molecule has 2 rings (SSSR count). The van der Waals surface area contributed by atoms with E-state index in [2.05, 4.69) is 17.2 Å². The minimum Gasteiger partial charge on any atom is -0.326 e. The molecule has 1 aromatic heterocycles. The maximum Gasteiger partial charge on any atom is 0.0713 e. The molecule has 0 aliphatic rings. The highest BCUT2D eigenvalue weighted by atomic mass is 15.3. The van der Waals surface area contributed by atoms with Crippen molar-refractivity contribution in [2.45, 2.75) is 13.0 Å². The van der Waals surface area contributed by atoms with Gasteiger partial charge in [0.2, 0.25) is 0 Å². The number of hydrogen-bond donors (Lipinski definition) is 1. The third kappa shape index (κ3) is 2.25. The first-order valence-corrected chi connectivity index (χ1v) is 5.05. The second-order valence-electron chi connectivity index (χ2n) is 3.64. The van der Waals surface area contributed by atoms with Crippen LogP contribution >= 0.6 is 0 Å². The highest BCUT2D eigenvalue weighted by molar-refractivity contribution is 5.26. The van der Waals surface area contributed by atoms with Gasteiger partial charge < -0.3 is 5.73 Å². The van der Waals surface area contributed by atoms with Crippen LogP contribution in [0.3, 0.4) is 0 Å². The normalized spacial score (nSPS) is 10.5. The van der Waals surface area contributed by atoms with Crippen LogP contribution < -0.4 is 5.73 Å². The van der Waals surface area contributed by atoms with Crippen LogP contribution in [0.15, 0.2) is 36.5 Å². The van der Waals surface area contributed by atoms with Gasteiger partial charge in [0.1, 0.15) is 0 Å². The van der Waals surface area contributed by atoms with Crippen LogP contribution in [0.2, 0.25) is 0 Å². The summed E-state index contributed by atoms with van der Waals surface area (Å²) in [4.78, 5) is 0. The number of nitrogens with zero attached hydrogens (tertiary/aromatic N) is 2. The topological polar surface area (TPSA) is 43.8 Å². The summed E-state index contributed by atoms with van der Waals surface area (Å²) >= 11 is 0. The van der Waals surface area contributed by atoms with Crippen molar-refractivity contribution in [3.8, 4) is 0 Å². The molecule has 0 amide bonds. The van der Waals surface area contributed by atoms with E-state index < -0.39 is 0 Å². The van der Waals surface area contributed by atoms with Crippen LogP contribution in [-0.4, -0.2) is 9.78 Å². The Morgan fingerprint density at radius 3 is 2.67 bits per heavy atom. The van der Waals surface area contributed by atoms with Crippen molar-refractivity contribution in [2.75, 3.05) is 0 Å². The molecule has 15 heavy (non-hydrogen) atoms. The fraction of sp³-hybridized carbons (Fsp3) is 0.250. The van der Waals surface area contributed by atoms with Crippen LogP contribution in [0, 0.1) is 0 Å². The summed E-state index contributed by atoms with van der Waals surface area (Å²) in [5.41, 5.74) is 9.14. The largest absolute Gasteiger partial charge is 0.326 e. The van der Waals surface area contributed by atoms with Gasteiger partial charge in [-0.05, 0) is 5.56 Å². The summed E-state index contributed by atoms with van der Waals surface area (Å²) in [5, 5.41) is 4.41. The molecule has 0 spiro atoms. The molecule has 0 aliphatic heterocycles. The molecule has 3 nitrogen and oxygen atoms in total. The quantitative estimate of drug-likeness (QED) is 0.817. The first-order valence-electron chi connectivity index (χ1n) is 5.05. The van der Waals surface area contributed by atoms with Gasteiger partial charge in [0, 0.05) is 31.8 Å². The first-order chi connectivity index (χ1) is 7.29. The molecular weight excluding hydrogens is 186 g/mol. The van der Waals surface area contributed by atoms with Gasteiger partial charge in [0.05, 0.1) is 5.69 Å². The van der Waals surface area contributed by atoms with Gasteiger partial charge in [-0.2, -0.15) is 5.10 Å². The van der Waals surface area contributed by atoms with Crippen molar-refractivity contribution in [1.82, 2.24) is 9.78 Å². The van der Waals surface area contributed by atoms with Crippen molar-refractivity contribution >= 4 is 0 Å². The molecule has 0 atom stereocenters. The number of benzene rings is 1. The van der Waals surface area contributed by atoms with Crippen LogP contribution in [-0.2, 0) is 20.0 Å². The van der Waals surface area contributed by atoms with Crippen molar-refractivity contribution in [2.24, 2.45) is 12.8 Å². The summed E-state index contributed by atoms with van der Waals surface area (Å²) in [7, 11) is 1.92. The maximum absolute atomic E-state index is 5.66. The lowest BCUT2D eigenvalue weighted by molar-refractivity contribution is 0.749. The number of rotatable bonds is 3. The van der Waals surface area contributed by atoms with Crippen LogP contribution in [0.1, 0.15) is 16.8 Å². The summed E-state index contributed by atoms with van der Waals surface area (Å²) < 4.78 is 1.82. The lowest BCUT2D eigenvalue weighted by atomic mass is 10.1. The average Bonchev–Trinajstić information content (AvgIpc) is 2.60. The molecule has 0 aliphatic carbocycles. The Balaban J connectivity index is 2.24. The zero-order valence-corrected chi connectivity index (χ0v) is 8.85. The Morgan fingerprint density at radius 2 is 2.00 bits per heavy atom. The van der Waals surface area contributed by atoms with Crippen molar-refractivity contribution in [3.05, 3.63) is 53.3 Å². The molecule has 0 unspecified atom stereocenters. The van der Waals surface area contributed by atoms with E-state index >= 15 is 0 Å². The molecule has 1 aromatic carbocycles. The zero-order chi connectivity index (χ0) is 10.7. The Bertz CT molecular complexity index is 431. The average molecular weight is 201 g/mol. The van der Waals surface area contributed by atoms with E-state index in [1.165, 1.54) is 5.56 Å². The number of aromatic nitrogens is 2. The van der Waals surface area contributed by atoms with Gasteiger partial charge in [-0.15, -0.1) is 0 Å². The summed E-state index contributed by atoms with van der Waals surface area (Å²) in [6.07, 6.45) is 2.84. The van der Waals surface area contributed by atoms with Gasteiger partial charge in [0.25, 0.3) is 0 Å². The monoisotopic (exact) mass is 201 g/mol. The maximum atomic E-state index is 5.66. The summed E-state index contributed by atoms with van der Waals surface area (Å²) in [6, 6.07) is 10.3. The van der Waals surface area contributed by atoms with Crippen LogP contribution in [0.25, 0.3) is 0 Å². The van der Waals surface area contributed by atoms with Gasteiger partial charge in [-0.3, -0.25) is 4.68 Å². The minimum absolute atomic E-state index is 0.552. The molecular formula is C12H15N3. The predicted molar refractivity (Wildman–Crippen MR) is 60.3 cm³/mol. The van der Waals surface area contributed by atoms with E-state index in [-0.39, 0.29) is 0 Å². The van der Waals surface area contributed by atoms with Crippen molar-refractivity contribution in [1.29, 1.82) is 0 Å². The van der Waals surface area contributed by atoms with Gasteiger partial charge in [-0.1, -0.05) is 30.3 Å². The molecule has 0 saturated carbocycles. The highest BCUT2D eigenvalue weighted by Crippen LogP contribution is 2.11. The lowest BCUT2D eigenvalue weighted by Gasteiger charge is -1.99. The fourth-order valence-corrected chi connectivity index (χ4v) is 1.69. The third-order valence-corrected chi connectivity index (χ3v) is 2.43. The Morgan fingerprint density at radius 1 is 1.27 bits per heavy atom. The predicted octanol–water partition coefficient (Wildman–Crippen LogP) is 1.47. The SMILES string of the molecule is Cn1cc(CN)c(Cc2ccccc2)n1. The van der Waals surface area contributed by atoms with Gasteiger partial charge in [-0.25, -0.2) is 0 Å². The van der Waals surface area contributed by atoms with Crippen LogP contribution in [0.5, 0.6) is 0 Å². The second kappa shape index (κ2) is 4.28. The van der Waals surface area contributed by atoms with Crippen molar-refractivity contribution in [3.63, 3.8) is 0 Å². The molecule has 0 saturated heterocycles. The molecule has 1 heterocycles. The van der Waals surface area contributed by atoms with Crippen LogP contribution in [0.4, 0.5) is 0 Å². The molecule has 0 bridgehead atoms. The number of nitrogens with two attached hydrogens (primary N) is 1. The standard InChI is InChI=1S/C12H15N3/c1-15-9-11(8-13)12(14-15)7-10-5-3-2-4-6-10/h2-6,9H,7-8,13H2,1H3. The Labute approximate surface area is 89.5 Å². The molecule has 0 radical (unpaired) electrons. The summed E-state index contributed by atoms with van der Waals surface area (Å²) in [5.74, 6) is 0. The second-order valence-corrected chi connectivity index (χ2v) is 3.64. The van der Waals surface area contributed by atoms with Gasteiger partial charge >= 0.3 is 0 Å². The molecule has 3 heteroatoms. The third-order valence-electron chi connectivity index (χ3n) is 2.43. The van der Waals surface area contributed by atoms with E-state index in [4.69, 9.17) is 5.73 Å². The minimum atomic E-state index is 0.552. The molecule has 0 fully saturated rings. The van der Waals surface area contributed by atoms with E-state index in [1.807, 2.05) is 36.1 Å². The fourth-order valence-electron chi connectivity index (χ4n) is 1.69. The van der Waals surface area contributed by atoms with E-state index in [0.717, 1.165) is 17.7 Å². The van der Waals surface area contributed by atoms with Crippen molar-refractivity contribution < 1.29 is 0 Å². The zero-order valence-electron chi connectivity index (χ0n) is 8.85. The highest BCUT2D eigenvalue weighted by Gasteiger charge is 2.06.